The minimum absolute atomic E-state index is 0.0872. The van der Waals surface area contributed by atoms with Crippen LogP contribution in [0, 0.1) is 0 Å². The van der Waals surface area contributed by atoms with Crippen LogP contribution in [0.1, 0.15) is 48.0 Å². The molecule has 6 atom stereocenters. The zero-order chi connectivity index (χ0) is 26.1. The predicted molar refractivity (Wildman–Crippen MR) is 112 cm³/mol. The fourth-order valence-corrected chi connectivity index (χ4v) is 3.68. The molecule has 1 heterocycles. The van der Waals surface area contributed by atoms with Gasteiger partial charge in [-0.3, -0.25) is 24.0 Å². The maximum Gasteiger partial charge on any atom is 0.303 e. The average Bonchev–Trinajstić information content (AvgIpc) is 2.70. The van der Waals surface area contributed by atoms with Crippen molar-refractivity contribution in [1.29, 1.82) is 0 Å². The van der Waals surface area contributed by atoms with E-state index in [2.05, 4.69) is 5.32 Å². The van der Waals surface area contributed by atoms with Gasteiger partial charge in [-0.15, -0.1) is 0 Å². The van der Waals surface area contributed by atoms with Crippen molar-refractivity contribution in [2.24, 2.45) is 0 Å². The first-order chi connectivity index (χ1) is 15.8. The number of hydrogen-bond acceptors (Lipinski definition) is 12. The Hall–Kier alpha value is -2.77. The smallest absolute Gasteiger partial charge is 0.303 e. The minimum atomic E-state index is -1.71. The lowest BCUT2D eigenvalue weighted by atomic mass is 9.88. The highest BCUT2D eigenvalue weighted by Gasteiger charge is 2.55. The summed E-state index contributed by atoms with van der Waals surface area (Å²) in [6.07, 6.45) is -5.48. The topological polar surface area (TPSA) is 173 Å². The molecular formula is C21H33NO12. The molecule has 0 aromatic heterocycles. The van der Waals surface area contributed by atoms with Gasteiger partial charge < -0.3 is 38.8 Å². The molecule has 1 aliphatic rings. The third kappa shape index (κ3) is 8.88. The van der Waals surface area contributed by atoms with Gasteiger partial charge in [0.05, 0.1) is 12.6 Å². The lowest BCUT2D eigenvalue weighted by molar-refractivity contribution is -0.330. The van der Waals surface area contributed by atoms with Gasteiger partial charge in [0.2, 0.25) is 5.91 Å². The first kappa shape index (κ1) is 29.3. The van der Waals surface area contributed by atoms with Crippen LogP contribution in [-0.4, -0.2) is 91.0 Å². The number of carbonyl (C=O) groups excluding carboxylic acids is 5. The monoisotopic (exact) mass is 491 g/mol. The van der Waals surface area contributed by atoms with Crippen LogP contribution in [0.25, 0.3) is 0 Å². The number of esters is 4. The van der Waals surface area contributed by atoms with E-state index < -0.39 is 79.2 Å². The Morgan fingerprint density at radius 1 is 1.00 bits per heavy atom. The van der Waals surface area contributed by atoms with E-state index in [1.807, 2.05) is 0 Å². The Morgan fingerprint density at radius 3 is 2.06 bits per heavy atom. The zero-order valence-corrected chi connectivity index (χ0v) is 20.2. The van der Waals surface area contributed by atoms with Gasteiger partial charge in [0.15, 0.2) is 18.0 Å². The molecule has 0 saturated carbocycles. The SMILES string of the molecule is CCO[C@@]1(CO)C[C@H](OC(C)=O)[C@@H](NC(C)=O)[C@H]([C@H](OC(C)=O)[C@@H](COC(C)=O)OC(C)=O)O1. The Bertz CT molecular complexity index is 756. The number of rotatable bonds is 11. The quantitative estimate of drug-likeness (QED) is 0.277. The van der Waals surface area contributed by atoms with Gasteiger partial charge in [-0.25, -0.2) is 0 Å². The van der Waals surface area contributed by atoms with E-state index in [1.165, 1.54) is 6.92 Å². The maximum atomic E-state index is 12.0. The van der Waals surface area contributed by atoms with Gasteiger partial charge in [0.25, 0.3) is 0 Å². The molecule has 1 fully saturated rings. The normalized spacial score (nSPS) is 25.9. The highest BCUT2D eigenvalue weighted by Crippen LogP contribution is 2.35. The Balaban J connectivity index is 3.62. The van der Waals surface area contributed by atoms with Gasteiger partial charge in [0.1, 0.15) is 18.8 Å². The molecule has 0 unspecified atom stereocenters. The van der Waals surface area contributed by atoms with Crippen molar-refractivity contribution in [2.45, 2.75) is 84.2 Å². The van der Waals surface area contributed by atoms with Crippen LogP contribution in [0.4, 0.5) is 0 Å². The van der Waals surface area contributed by atoms with Crippen molar-refractivity contribution >= 4 is 29.8 Å². The van der Waals surface area contributed by atoms with Gasteiger partial charge in [0, 0.05) is 47.6 Å². The molecule has 0 bridgehead atoms. The lowest BCUT2D eigenvalue weighted by Crippen LogP contribution is -2.68. The van der Waals surface area contributed by atoms with Crippen LogP contribution in [0.5, 0.6) is 0 Å². The largest absolute Gasteiger partial charge is 0.462 e. The van der Waals surface area contributed by atoms with Crippen LogP contribution in [0.2, 0.25) is 0 Å². The molecule has 34 heavy (non-hydrogen) atoms. The van der Waals surface area contributed by atoms with Crippen LogP contribution < -0.4 is 5.32 Å². The molecule has 13 heteroatoms. The van der Waals surface area contributed by atoms with Crippen molar-refractivity contribution in [2.75, 3.05) is 19.8 Å². The summed E-state index contributed by atoms with van der Waals surface area (Å²) >= 11 is 0. The van der Waals surface area contributed by atoms with Crippen molar-refractivity contribution in [3.63, 3.8) is 0 Å². The first-order valence-corrected chi connectivity index (χ1v) is 10.7. The molecule has 2 N–H and O–H groups in total. The minimum Gasteiger partial charge on any atom is -0.462 e. The molecule has 194 valence electrons. The summed E-state index contributed by atoms with van der Waals surface area (Å²) in [5, 5.41) is 12.7. The summed E-state index contributed by atoms with van der Waals surface area (Å²) in [6, 6.07) is -1.12. The molecule has 0 spiro atoms. The number of carbonyl (C=O) groups is 5. The number of amides is 1. The second-order valence-corrected chi connectivity index (χ2v) is 7.69. The molecular weight excluding hydrogens is 458 g/mol. The van der Waals surface area contributed by atoms with Crippen molar-refractivity contribution in [3.8, 4) is 0 Å². The molecule has 13 nitrogen and oxygen atoms in total. The van der Waals surface area contributed by atoms with Crippen molar-refractivity contribution in [1.82, 2.24) is 5.32 Å². The van der Waals surface area contributed by atoms with E-state index in [9.17, 15) is 29.1 Å². The average molecular weight is 491 g/mol. The number of nitrogens with one attached hydrogen (secondary N) is 1. The van der Waals surface area contributed by atoms with Crippen LogP contribution in [0.3, 0.4) is 0 Å². The van der Waals surface area contributed by atoms with Crippen LogP contribution in [-0.2, 0) is 52.4 Å². The number of aliphatic hydroxyl groups is 1. The summed E-state index contributed by atoms with van der Waals surface area (Å²) in [4.78, 5) is 59.0. The maximum absolute atomic E-state index is 12.0. The van der Waals surface area contributed by atoms with E-state index >= 15 is 0 Å². The Morgan fingerprint density at radius 2 is 1.62 bits per heavy atom. The number of ether oxygens (including phenoxy) is 6. The van der Waals surface area contributed by atoms with E-state index in [0.29, 0.717) is 0 Å². The van der Waals surface area contributed by atoms with E-state index in [-0.39, 0.29) is 13.0 Å². The second kappa shape index (κ2) is 13.2. The summed E-state index contributed by atoms with van der Waals surface area (Å²) in [5.41, 5.74) is 0. The molecule has 0 radical (unpaired) electrons. The summed E-state index contributed by atoms with van der Waals surface area (Å²) in [6.45, 7) is 6.21. The number of hydrogen-bond donors (Lipinski definition) is 2. The van der Waals surface area contributed by atoms with Gasteiger partial charge in [-0.2, -0.15) is 0 Å². The molecule has 0 aromatic carbocycles. The first-order valence-electron chi connectivity index (χ1n) is 10.7. The molecule has 0 aliphatic carbocycles. The lowest BCUT2D eigenvalue weighted by Gasteiger charge is -2.49. The summed E-state index contributed by atoms with van der Waals surface area (Å²) < 4.78 is 32.7. The third-order valence-corrected chi connectivity index (χ3v) is 4.71. The number of aliphatic hydroxyl groups excluding tert-OH is 1. The van der Waals surface area contributed by atoms with Crippen molar-refractivity contribution < 1.29 is 57.5 Å². The van der Waals surface area contributed by atoms with Gasteiger partial charge in [-0.05, 0) is 6.92 Å². The standard InChI is InChI=1S/C21H33NO12/c1-7-30-21(10-23)8-16(31-13(4)26)18(22-11(2)24)20(34-21)19(33-15(6)28)17(32-14(5)27)9-29-12(3)25/h16-20,23H,7-10H2,1-6H3,(H,22,24)/t16-,17+,18+,19+,20+,21-/m0/s1. The molecule has 1 aliphatic heterocycles. The van der Waals surface area contributed by atoms with Crippen LogP contribution >= 0.6 is 0 Å². The molecule has 1 saturated heterocycles. The fourth-order valence-electron chi connectivity index (χ4n) is 3.68. The molecule has 0 aromatic rings. The Labute approximate surface area is 197 Å². The Kier molecular flexibility index (Phi) is 11.4. The van der Waals surface area contributed by atoms with E-state index in [4.69, 9.17) is 28.4 Å². The predicted octanol–water partition coefficient (Wildman–Crippen LogP) is -0.637. The highest BCUT2D eigenvalue weighted by molar-refractivity contribution is 5.73. The summed E-state index contributed by atoms with van der Waals surface area (Å²) in [5.74, 6) is -5.22. The highest BCUT2D eigenvalue weighted by atomic mass is 16.7. The zero-order valence-electron chi connectivity index (χ0n) is 20.2. The third-order valence-electron chi connectivity index (χ3n) is 4.71. The van der Waals surface area contributed by atoms with Crippen molar-refractivity contribution in [3.05, 3.63) is 0 Å². The van der Waals surface area contributed by atoms with E-state index in [1.54, 1.807) is 6.92 Å². The molecule has 1 rings (SSSR count). The molecule has 1 amide bonds. The fraction of sp³-hybridized carbons (Fsp3) is 0.762. The van der Waals surface area contributed by atoms with Gasteiger partial charge >= 0.3 is 23.9 Å². The summed E-state index contributed by atoms with van der Waals surface area (Å²) in [7, 11) is 0. The van der Waals surface area contributed by atoms with Gasteiger partial charge in [-0.1, -0.05) is 0 Å². The van der Waals surface area contributed by atoms with Crippen LogP contribution in [0.15, 0.2) is 0 Å². The van der Waals surface area contributed by atoms with E-state index in [0.717, 1.165) is 27.7 Å². The second-order valence-electron chi connectivity index (χ2n) is 7.69.